The molecule has 0 aromatic carbocycles. The van der Waals surface area contributed by atoms with Crippen molar-refractivity contribution in [2.45, 2.75) is 37.8 Å². The molecule has 0 spiro atoms. The van der Waals surface area contributed by atoms with Gasteiger partial charge in [0, 0.05) is 31.4 Å². The quantitative estimate of drug-likeness (QED) is 0.673. The zero-order chi connectivity index (χ0) is 19.6. The molecule has 5 rings (SSSR count). The molecule has 4 heterocycles. The number of anilines is 1. The van der Waals surface area contributed by atoms with Gasteiger partial charge in [-0.05, 0) is 37.8 Å². The molecule has 1 saturated carbocycles. The molecule has 0 bridgehead atoms. The molecule has 3 aromatic rings. The molecule has 8 heteroatoms. The van der Waals surface area contributed by atoms with Crippen LogP contribution in [0.4, 0.5) is 10.2 Å². The number of morpholine rings is 1. The Morgan fingerprint density at radius 2 is 1.93 bits per heavy atom. The molecule has 1 saturated heterocycles. The smallest absolute Gasteiger partial charge is 0.230 e. The molecule has 0 atom stereocenters. The van der Waals surface area contributed by atoms with E-state index in [4.69, 9.17) is 14.5 Å². The number of hydrogen-bond acceptors (Lipinski definition) is 6. The third-order valence-corrected chi connectivity index (χ3v) is 5.80. The van der Waals surface area contributed by atoms with Crippen molar-refractivity contribution in [1.82, 2.24) is 19.5 Å². The molecule has 3 aromatic heterocycles. The monoisotopic (exact) mass is 397 g/mol. The van der Waals surface area contributed by atoms with Crippen molar-refractivity contribution in [3.63, 3.8) is 0 Å². The lowest BCUT2D eigenvalue weighted by molar-refractivity contribution is 0.121. The van der Waals surface area contributed by atoms with Crippen molar-refractivity contribution >= 4 is 16.7 Å². The fourth-order valence-corrected chi connectivity index (χ4v) is 4.21. The number of rotatable bonds is 4. The molecule has 7 nitrogen and oxygen atoms in total. The number of aromatic nitrogens is 4. The van der Waals surface area contributed by atoms with Gasteiger partial charge in [0.2, 0.25) is 11.8 Å². The second-order valence-corrected chi connectivity index (χ2v) is 7.65. The molecule has 29 heavy (non-hydrogen) atoms. The number of hydrogen-bond donors (Lipinski definition) is 0. The van der Waals surface area contributed by atoms with E-state index >= 15 is 0 Å². The number of halogens is 1. The van der Waals surface area contributed by atoms with Crippen LogP contribution < -0.4 is 9.64 Å². The first-order chi connectivity index (χ1) is 14.3. The summed E-state index contributed by atoms with van der Waals surface area (Å²) in [5.74, 6) is 1.11. The van der Waals surface area contributed by atoms with Crippen LogP contribution >= 0.6 is 0 Å². The number of pyridine rings is 2. The average molecular weight is 397 g/mol. The van der Waals surface area contributed by atoms with Crippen LogP contribution in [0.3, 0.4) is 0 Å². The molecular weight excluding hydrogens is 373 g/mol. The Bertz CT molecular complexity index is 980. The standard InChI is InChI=1S/C21H24FN5O2/c22-19-13-27(14-24-19)15-3-5-16(6-4-15)29-21-17-2-1-7-23-18(17)12-20(25-21)26-8-10-28-11-9-26/h1-2,7,12-16H,3-6,8-11H2. The highest BCUT2D eigenvalue weighted by Crippen LogP contribution is 2.33. The van der Waals surface area contributed by atoms with Gasteiger partial charge in [0.25, 0.3) is 0 Å². The van der Waals surface area contributed by atoms with Gasteiger partial charge in [0.15, 0.2) is 0 Å². The molecule has 1 aliphatic carbocycles. The lowest BCUT2D eigenvalue weighted by Gasteiger charge is -2.31. The molecule has 2 aliphatic rings. The summed E-state index contributed by atoms with van der Waals surface area (Å²) in [6.07, 6.45) is 8.59. The summed E-state index contributed by atoms with van der Waals surface area (Å²) in [6, 6.07) is 6.22. The summed E-state index contributed by atoms with van der Waals surface area (Å²) >= 11 is 0. The summed E-state index contributed by atoms with van der Waals surface area (Å²) in [7, 11) is 0. The lowest BCUT2D eigenvalue weighted by Crippen LogP contribution is -2.36. The average Bonchev–Trinajstić information content (AvgIpc) is 3.21. The molecule has 0 unspecified atom stereocenters. The number of imidazole rings is 1. The second kappa shape index (κ2) is 7.94. The van der Waals surface area contributed by atoms with Crippen molar-refractivity contribution in [1.29, 1.82) is 0 Å². The van der Waals surface area contributed by atoms with Crippen LogP contribution in [0.1, 0.15) is 31.7 Å². The fraction of sp³-hybridized carbons (Fsp3) is 0.476. The summed E-state index contributed by atoms with van der Waals surface area (Å²) in [5, 5.41) is 0.934. The lowest BCUT2D eigenvalue weighted by atomic mass is 9.93. The van der Waals surface area contributed by atoms with E-state index in [9.17, 15) is 4.39 Å². The highest BCUT2D eigenvalue weighted by molar-refractivity contribution is 5.85. The number of nitrogens with zero attached hydrogens (tertiary/aromatic N) is 5. The predicted molar refractivity (Wildman–Crippen MR) is 107 cm³/mol. The van der Waals surface area contributed by atoms with Crippen LogP contribution in [-0.4, -0.2) is 51.9 Å². The van der Waals surface area contributed by atoms with Crippen molar-refractivity contribution in [2.24, 2.45) is 0 Å². The summed E-state index contributed by atoms with van der Waals surface area (Å²) in [6.45, 7) is 3.04. The van der Waals surface area contributed by atoms with E-state index in [0.717, 1.165) is 55.5 Å². The van der Waals surface area contributed by atoms with E-state index in [2.05, 4.69) is 14.9 Å². The van der Waals surface area contributed by atoms with Gasteiger partial charge < -0.3 is 18.9 Å². The number of ether oxygens (including phenoxy) is 2. The van der Waals surface area contributed by atoms with Crippen LogP contribution in [0.25, 0.3) is 10.9 Å². The molecule has 152 valence electrons. The van der Waals surface area contributed by atoms with Crippen LogP contribution in [-0.2, 0) is 4.74 Å². The highest BCUT2D eigenvalue weighted by atomic mass is 19.1. The first-order valence-electron chi connectivity index (χ1n) is 10.2. The third kappa shape index (κ3) is 3.89. The van der Waals surface area contributed by atoms with Gasteiger partial charge >= 0.3 is 0 Å². The Labute approximate surface area is 168 Å². The van der Waals surface area contributed by atoms with E-state index in [-0.39, 0.29) is 12.1 Å². The van der Waals surface area contributed by atoms with Crippen molar-refractivity contribution in [3.05, 3.63) is 42.9 Å². The van der Waals surface area contributed by atoms with E-state index in [1.165, 1.54) is 6.20 Å². The van der Waals surface area contributed by atoms with E-state index in [0.29, 0.717) is 19.1 Å². The molecule has 0 N–H and O–H groups in total. The maximum absolute atomic E-state index is 13.2. The summed E-state index contributed by atoms with van der Waals surface area (Å²) in [4.78, 5) is 15.3. The van der Waals surface area contributed by atoms with Gasteiger partial charge in [-0.1, -0.05) is 0 Å². The predicted octanol–water partition coefficient (Wildman–Crippen LogP) is 3.36. The first kappa shape index (κ1) is 18.3. The Morgan fingerprint density at radius 3 is 2.69 bits per heavy atom. The van der Waals surface area contributed by atoms with Gasteiger partial charge in [-0.3, -0.25) is 4.98 Å². The van der Waals surface area contributed by atoms with Crippen LogP contribution in [0.15, 0.2) is 36.9 Å². The van der Waals surface area contributed by atoms with Gasteiger partial charge in [-0.25, -0.2) is 4.98 Å². The normalized spacial score (nSPS) is 22.7. The Morgan fingerprint density at radius 1 is 1.10 bits per heavy atom. The van der Waals surface area contributed by atoms with Gasteiger partial charge in [0.05, 0.1) is 36.6 Å². The minimum Gasteiger partial charge on any atom is -0.474 e. The molecule has 0 radical (unpaired) electrons. The minimum absolute atomic E-state index is 0.0930. The zero-order valence-corrected chi connectivity index (χ0v) is 16.2. The maximum Gasteiger partial charge on any atom is 0.230 e. The Hall–Kier alpha value is -2.74. The third-order valence-electron chi connectivity index (χ3n) is 5.80. The van der Waals surface area contributed by atoms with E-state index in [1.807, 2.05) is 22.8 Å². The summed E-state index contributed by atoms with van der Waals surface area (Å²) in [5.41, 5.74) is 0.890. The topological polar surface area (TPSA) is 65.3 Å². The Balaban J connectivity index is 1.34. The second-order valence-electron chi connectivity index (χ2n) is 7.65. The highest BCUT2D eigenvalue weighted by Gasteiger charge is 2.25. The van der Waals surface area contributed by atoms with Gasteiger partial charge in [-0.15, -0.1) is 0 Å². The van der Waals surface area contributed by atoms with Crippen molar-refractivity contribution in [3.8, 4) is 5.88 Å². The van der Waals surface area contributed by atoms with E-state index in [1.54, 1.807) is 12.5 Å². The molecule has 1 aliphatic heterocycles. The van der Waals surface area contributed by atoms with Crippen molar-refractivity contribution < 1.29 is 13.9 Å². The summed E-state index contributed by atoms with van der Waals surface area (Å²) < 4.78 is 26.9. The largest absolute Gasteiger partial charge is 0.474 e. The zero-order valence-electron chi connectivity index (χ0n) is 16.2. The molecule has 0 amide bonds. The first-order valence-corrected chi connectivity index (χ1v) is 10.2. The van der Waals surface area contributed by atoms with Gasteiger partial charge in [-0.2, -0.15) is 9.37 Å². The van der Waals surface area contributed by atoms with Crippen LogP contribution in [0.2, 0.25) is 0 Å². The van der Waals surface area contributed by atoms with Crippen LogP contribution in [0.5, 0.6) is 5.88 Å². The van der Waals surface area contributed by atoms with Gasteiger partial charge in [0.1, 0.15) is 11.9 Å². The van der Waals surface area contributed by atoms with Crippen molar-refractivity contribution in [2.75, 3.05) is 31.2 Å². The maximum atomic E-state index is 13.2. The molecular formula is C21H24FN5O2. The van der Waals surface area contributed by atoms with Crippen LogP contribution in [0, 0.1) is 5.95 Å². The fourth-order valence-electron chi connectivity index (χ4n) is 4.21. The Kier molecular flexibility index (Phi) is 5.01. The SMILES string of the molecule is Fc1cn(C2CCC(Oc3nc(N4CCOCC4)cc4ncccc34)CC2)cn1. The minimum atomic E-state index is -0.425. The number of fused-ring (bicyclic) bond motifs is 1. The molecule has 2 fully saturated rings. The van der Waals surface area contributed by atoms with E-state index < -0.39 is 5.95 Å².